The van der Waals surface area contributed by atoms with Gasteiger partial charge in [-0.1, -0.05) is 13.8 Å². The van der Waals surface area contributed by atoms with Crippen LogP contribution in [0.3, 0.4) is 0 Å². The first kappa shape index (κ1) is 16.4. The van der Waals surface area contributed by atoms with Crippen LogP contribution in [0.15, 0.2) is 0 Å². The van der Waals surface area contributed by atoms with Crippen molar-refractivity contribution >= 4 is 5.91 Å². The Hall–Kier alpha value is -0.650. The molecular weight excluding hydrogens is 242 g/mol. The summed E-state index contributed by atoms with van der Waals surface area (Å²) >= 11 is 0. The molecule has 1 rings (SSSR count). The fraction of sp³-hybridized carbons (Fsp3) is 0.929. The highest BCUT2D eigenvalue weighted by Crippen LogP contribution is 2.21. The number of nitrogens with zero attached hydrogens (tertiary/aromatic N) is 1. The smallest absolute Gasteiger partial charge is 0.231 e. The summed E-state index contributed by atoms with van der Waals surface area (Å²) in [6, 6.07) is 0.430. The van der Waals surface area contributed by atoms with Gasteiger partial charge in [0.2, 0.25) is 5.91 Å². The highest BCUT2D eigenvalue weighted by molar-refractivity contribution is 5.75. The molecule has 0 radical (unpaired) electrons. The van der Waals surface area contributed by atoms with Crippen molar-refractivity contribution in [2.24, 2.45) is 17.6 Å². The molecule has 2 atom stereocenters. The summed E-state index contributed by atoms with van der Waals surface area (Å²) in [6.45, 7) is 7.79. The number of aliphatic hydroxyl groups excluding tert-OH is 1. The van der Waals surface area contributed by atoms with Crippen LogP contribution in [0.2, 0.25) is 0 Å². The lowest BCUT2D eigenvalue weighted by Gasteiger charge is -2.38. The van der Waals surface area contributed by atoms with Gasteiger partial charge in [-0.25, -0.2) is 0 Å². The number of carbonyl (C=O) groups excluding carboxylic acids is 1. The van der Waals surface area contributed by atoms with E-state index < -0.39 is 0 Å². The Morgan fingerprint density at radius 3 is 2.79 bits per heavy atom. The van der Waals surface area contributed by atoms with Crippen molar-refractivity contribution in [2.45, 2.75) is 39.2 Å². The molecule has 1 amide bonds. The molecular formula is C14H29N3O2. The van der Waals surface area contributed by atoms with E-state index in [1.54, 1.807) is 0 Å². The maximum Gasteiger partial charge on any atom is 0.231 e. The lowest BCUT2D eigenvalue weighted by Crippen LogP contribution is -2.51. The van der Waals surface area contributed by atoms with E-state index in [0.29, 0.717) is 24.4 Å². The van der Waals surface area contributed by atoms with Gasteiger partial charge >= 0.3 is 0 Å². The number of primary amides is 1. The number of nitrogens with two attached hydrogens (primary N) is 1. The normalized spacial score (nSPS) is 24.8. The third-order valence-corrected chi connectivity index (χ3v) is 3.58. The van der Waals surface area contributed by atoms with Gasteiger partial charge in [-0.15, -0.1) is 0 Å². The van der Waals surface area contributed by atoms with Crippen LogP contribution in [0.25, 0.3) is 0 Å². The summed E-state index contributed by atoms with van der Waals surface area (Å²) < 4.78 is 0. The van der Waals surface area contributed by atoms with Crippen LogP contribution in [0.5, 0.6) is 0 Å². The number of likely N-dealkylation sites (tertiary alicyclic amines) is 1. The summed E-state index contributed by atoms with van der Waals surface area (Å²) in [5.41, 5.74) is 5.30. The Morgan fingerprint density at radius 2 is 2.21 bits per heavy atom. The Bertz CT molecular complexity index is 271. The molecule has 1 heterocycles. The van der Waals surface area contributed by atoms with Gasteiger partial charge in [0, 0.05) is 25.7 Å². The Labute approximate surface area is 116 Å². The Kier molecular flexibility index (Phi) is 7.34. The number of carbonyl (C=O) groups is 1. The fourth-order valence-electron chi connectivity index (χ4n) is 2.79. The number of hydrogen-bond acceptors (Lipinski definition) is 4. The SMILES string of the molecule is CC(C)CNC1CC(CCCO)CN(CC(N)=O)C1. The zero-order valence-corrected chi connectivity index (χ0v) is 12.3. The van der Waals surface area contributed by atoms with Crippen LogP contribution >= 0.6 is 0 Å². The first-order valence-electron chi connectivity index (χ1n) is 7.36. The predicted molar refractivity (Wildman–Crippen MR) is 76.7 cm³/mol. The second kappa shape index (κ2) is 8.51. The van der Waals surface area contributed by atoms with E-state index in [2.05, 4.69) is 24.1 Å². The predicted octanol–water partition coefficient (Wildman–Crippen LogP) is 0.180. The number of aliphatic hydroxyl groups is 1. The van der Waals surface area contributed by atoms with Crippen LogP contribution in [0.1, 0.15) is 33.1 Å². The Morgan fingerprint density at radius 1 is 1.47 bits per heavy atom. The third kappa shape index (κ3) is 6.89. The highest BCUT2D eigenvalue weighted by atomic mass is 16.2. The van der Waals surface area contributed by atoms with Crippen molar-refractivity contribution < 1.29 is 9.90 Å². The van der Waals surface area contributed by atoms with Crippen LogP contribution in [-0.4, -0.2) is 54.7 Å². The van der Waals surface area contributed by atoms with Gasteiger partial charge in [-0.3, -0.25) is 9.69 Å². The molecule has 0 aromatic carbocycles. The fourth-order valence-corrected chi connectivity index (χ4v) is 2.79. The van der Waals surface area contributed by atoms with Gasteiger partial charge in [0.1, 0.15) is 0 Å². The number of nitrogens with one attached hydrogen (secondary N) is 1. The minimum Gasteiger partial charge on any atom is -0.396 e. The zero-order valence-electron chi connectivity index (χ0n) is 12.3. The van der Waals surface area contributed by atoms with E-state index in [4.69, 9.17) is 10.8 Å². The molecule has 1 aliphatic heterocycles. The van der Waals surface area contributed by atoms with Crippen LogP contribution in [0.4, 0.5) is 0 Å². The van der Waals surface area contributed by atoms with Crippen LogP contribution in [-0.2, 0) is 4.79 Å². The summed E-state index contributed by atoms with van der Waals surface area (Å²) in [5.74, 6) is 0.915. The summed E-state index contributed by atoms with van der Waals surface area (Å²) in [6.07, 6.45) is 2.99. The molecule has 1 aliphatic rings. The maximum atomic E-state index is 11.1. The summed E-state index contributed by atoms with van der Waals surface area (Å²) in [7, 11) is 0. The van der Waals surface area contributed by atoms with Crippen molar-refractivity contribution in [3.05, 3.63) is 0 Å². The molecule has 0 saturated carbocycles. The van der Waals surface area contributed by atoms with Crippen LogP contribution < -0.4 is 11.1 Å². The molecule has 0 spiro atoms. The van der Waals surface area contributed by atoms with Gasteiger partial charge in [-0.05, 0) is 37.6 Å². The quantitative estimate of drug-likeness (QED) is 0.588. The molecule has 0 aromatic heterocycles. The van der Waals surface area contributed by atoms with Crippen molar-refractivity contribution in [2.75, 3.05) is 32.8 Å². The zero-order chi connectivity index (χ0) is 14.3. The average Bonchev–Trinajstić information content (AvgIpc) is 2.33. The van der Waals surface area contributed by atoms with Gasteiger partial charge in [0.25, 0.3) is 0 Å². The summed E-state index contributed by atoms with van der Waals surface area (Å²) in [5, 5.41) is 12.5. The van der Waals surface area contributed by atoms with E-state index in [0.717, 1.165) is 38.9 Å². The van der Waals surface area contributed by atoms with E-state index >= 15 is 0 Å². The second-order valence-corrected chi connectivity index (χ2v) is 6.13. The third-order valence-electron chi connectivity index (χ3n) is 3.58. The van der Waals surface area contributed by atoms with Gasteiger partial charge in [0.15, 0.2) is 0 Å². The topological polar surface area (TPSA) is 78.6 Å². The lowest BCUT2D eigenvalue weighted by molar-refractivity contribution is -0.119. The van der Waals surface area contributed by atoms with E-state index in [9.17, 15) is 4.79 Å². The van der Waals surface area contributed by atoms with E-state index in [1.165, 1.54) is 0 Å². The van der Waals surface area contributed by atoms with Crippen molar-refractivity contribution in [3.8, 4) is 0 Å². The molecule has 0 aromatic rings. The maximum absolute atomic E-state index is 11.1. The molecule has 1 saturated heterocycles. The molecule has 4 N–H and O–H groups in total. The van der Waals surface area contributed by atoms with Gasteiger partial charge < -0.3 is 16.2 Å². The minimum atomic E-state index is -0.259. The molecule has 2 unspecified atom stereocenters. The summed E-state index contributed by atoms with van der Waals surface area (Å²) in [4.78, 5) is 13.2. The molecule has 112 valence electrons. The molecule has 5 nitrogen and oxygen atoms in total. The molecule has 1 fully saturated rings. The first-order chi connectivity index (χ1) is 9.01. The molecule has 0 aliphatic carbocycles. The van der Waals surface area contributed by atoms with Crippen molar-refractivity contribution in [3.63, 3.8) is 0 Å². The second-order valence-electron chi connectivity index (χ2n) is 6.13. The van der Waals surface area contributed by atoms with E-state index in [-0.39, 0.29) is 12.5 Å². The Balaban J connectivity index is 2.47. The lowest BCUT2D eigenvalue weighted by atomic mass is 9.90. The number of amides is 1. The largest absolute Gasteiger partial charge is 0.396 e. The van der Waals surface area contributed by atoms with Crippen molar-refractivity contribution in [1.29, 1.82) is 0 Å². The average molecular weight is 271 g/mol. The van der Waals surface area contributed by atoms with Crippen molar-refractivity contribution in [1.82, 2.24) is 10.2 Å². The standard InChI is InChI=1S/C14H29N3O2/c1-11(2)7-16-13-6-12(4-3-5-18)8-17(9-13)10-14(15)19/h11-13,16,18H,3-10H2,1-2H3,(H2,15,19). The number of piperidine rings is 1. The van der Waals surface area contributed by atoms with E-state index in [1.807, 2.05) is 0 Å². The van der Waals surface area contributed by atoms with Gasteiger partial charge in [0.05, 0.1) is 6.54 Å². The molecule has 0 bridgehead atoms. The number of hydrogen-bond donors (Lipinski definition) is 3. The number of rotatable bonds is 8. The van der Waals surface area contributed by atoms with Crippen LogP contribution in [0, 0.1) is 11.8 Å². The first-order valence-corrected chi connectivity index (χ1v) is 7.36. The van der Waals surface area contributed by atoms with Gasteiger partial charge in [-0.2, -0.15) is 0 Å². The molecule has 5 heteroatoms. The minimum absolute atomic E-state index is 0.246. The monoisotopic (exact) mass is 271 g/mol. The molecule has 19 heavy (non-hydrogen) atoms. The highest BCUT2D eigenvalue weighted by Gasteiger charge is 2.27.